The Morgan fingerprint density at radius 3 is 2.32 bits per heavy atom. The second kappa shape index (κ2) is 9.02. The van der Waals surface area contributed by atoms with Crippen molar-refractivity contribution in [3.05, 3.63) is 95.1 Å². The van der Waals surface area contributed by atoms with E-state index >= 15 is 0 Å². The van der Waals surface area contributed by atoms with E-state index in [9.17, 15) is 4.79 Å². The Bertz CT molecular complexity index is 1230. The number of fused-ring (bicyclic) bond motifs is 1. The van der Waals surface area contributed by atoms with Crippen LogP contribution in [-0.4, -0.2) is 25.7 Å². The highest BCUT2D eigenvalue weighted by Gasteiger charge is 2.47. The molecule has 0 aromatic heterocycles. The predicted molar refractivity (Wildman–Crippen MR) is 139 cm³/mol. The molecule has 176 valence electrons. The molecule has 0 spiro atoms. The molecular formula is C30H33NO3. The van der Waals surface area contributed by atoms with Gasteiger partial charge in [-0.25, -0.2) is 0 Å². The summed E-state index contributed by atoms with van der Waals surface area (Å²) in [4.78, 5) is 15.6. The normalized spacial score (nSPS) is 19.1. The smallest absolute Gasteiger partial charge is 0.251 e. The van der Waals surface area contributed by atoms with Crippen molar-refractivity contribution in [2.75, 3.05) is 19.1 Å². The number of carbonyl (C=O) groups is 1. The van der Waals surface area contributed by atoms with E-state index in [1.807, 2.05) is 35.2 Å². The zero-order valence-electron chi connectivity index (χ0n) is 20.9. The quantitative estimate of drug-likeness (QED) is 0.410. The number of aryl methyl sites for hydroxylation is 1. The van der Waals surface area contributed by atoms with Gasteiger partial charge in [0.25, 0.3) is 5.91 Å². The Morgan fingerprint density at radius 2 is 1.65 bits per heavy atom. The maximum Gasteiger partial charge on any atom is 0.251 e. The van der Waals surface area contributed by atoms with Gasteiger partial charge in [0, 0.05) is 34.3 Å². The summed E-state index contributed by atoms with van der Waals surface area (Å²) in [7, 11) is 3.23. The van der Waals surface area contributed by atoms with Crippen molar-refractivity contribution >= 4 is 17.7 Å². The van der Waals surface area contributed by atoms with Crippen LogP contribution >= 0.6 is 0 Å². The summed E-state index contributed by atoms with van der Waals surface area (Å²) in [5.74, 6) is 1.32. The number of methoxy groups -OCH3 is 2. The lowest BCUT2D eigenvalue weighted by atomic mass is 9.65. The van der Waals surface area contributed by atoms with E-state index in [0.717, 1.165) is 17.7 Å². The molecule has 4 rings (SSSR count). The van der Waals surface area contributed by atoms with Gasteiger partial charge in [-0.1, -0.05) is 55.0 Å². The third kappa shape index (κ3) is 4.21. The fourth-order valence-corrected chi connectivity index (χ4v) is 5.29. The van der Waals surface area contributed by atoms with Gasteiger partial charge in [0.05, 0.1) is 14.2 Å². The van der Waals surface area contributed by atoms with Crippen molar-refractivity contribution in [3.63, 3.8) is 0 Å². The van der Waals surface area contributed by atoms with Crippen LogP contribution in [0.2, 0.25) is 0 Å². The van der Waals surface area contributed by atoms with Crippen LogP contribution in [0.25, 0.3) is 6.08 Å². The zero-order valence-corrected chi connectivity index (χ0v) is 20.9. The molecule has 4 heteroatoms. The van der Waals surface area contributed by atoms with Crippen LogP contribution < -0.4 is 14.4 Å². The molecule has 0 N–H and O–H groups in total. The summed E-state index contributed by atoms with van der Waals surface area (Å²) in [5.41, 5.74) is 4.87. The molecule has 1 unspecified atom stereocenters. The van der Waals surface area contributed by atoms with Crippen molar-refractivity contribution in [3.8, 4) is 11.5 Å². The zero-order chi connectivity index (χ0) is 24.5. The standard InChI is InChI=1S/C30H33NO3/c1-21-11-15-23(16-12-21)30(4)20-29(2,3)31(26-10-8-7-9-25(26)30)28(32)18-14-22-13-17-24(33-5)19-27(22)34-6/h7-19H,20H2,1-6H3/b18-14+. The minimum Gasteiger partial charge on any atom is -0.497 e. The van der Waals surface area contributed by atoms with Crippen molar-refractivity contribution in [1.82, 2.24) is 0 Å². The average molecular weight is 456 g/mol. The number of hydrogen-bond donors (Lipinski definition) is 0. The minimum absolute atomic E-state index is 0.0544. The molecule has 1 heterocycles. The van der Waals surface area contributed by atoms with Gasteiger partial charge in [-0.15, -0.1) is 0 Å². The summed E-state index contributed by atoms with van der Waals surface area (Å²) in [6, 6.07) is 22.6. The lowest BCUT2D eigenvalue weighted by Crippen LogP contribution is -2.55. The van der Waals surface area contributed by atoms with Crippen LogP contribution in [0.3, 0.4) is 0 Å². The van der Waals surface area contributed by atoms with Crippen LogP contribution in [0, 0.1) is 6.92 Å². The number of benzene rings is 3. The largest absolute Gasteiger partial charge is 0.497 e. The van der Waals surface area contributed by atoms with E-state index in [2.05, 4.69) is 70.2 Å². The molecule has 0 bridgehead atoms. The van der Waals surface area contributed by atoms with E-state index in [1.165, 1.54) is 16.7 Å². The number of ether oxygens (including phenoxy) is 2. The Morgan fingerprint density at radius 1 is 0.941 bits per heavy atom. The van der Waals surface area contributed by atoms with E-state index in [1.54, 1.807) is 20.3 Å². The first kappa shape index (κ1) is 23.6. The maximum atomic E-state index is 13.6. The Labute approximate surface area is 202 Å². The molecule has 0 saturated carbocycles. The lowest BCUT2D eigenvalue weighted by Gasteiger charge is -2.51. The summed E-state index contributed by atoms with van der Waals surface area (Å²) in [5, 5.41) is 0. The van der Waals surface area contributed by atoms with Gasteiger partial charge in [0.15, 0.2) is 0 Å². The number of hydrogen-bond acceptors (Lipinski definition) is 3. The maximum absolute atomic E-state index is 13.6. The topological polar surface area (TPSA) is 38.8 Å². The molecule has 1 amide bonds. The highest BCUT2D eigenvalue weighted by molar-refractivity contribution is 6.06. The number of rotatable bonds is 5. The monoisotopic (exact) mass is 455 g/mol. The lowest BCUT2D eigenvalue weighted by molar-refractivity contribution is -0.115. The summed E-state index contributed by atoms with van der Waals surface area (Å²) < 4.78 is 10.8. The highest BCUT2D eigenvalue weighted by Crippen LogP contribution is 2.50. The number of carbonyl (C=O) groups excluding carboxylic acids is 1. The molecule has 1 aliphatic rings. The van der Waals surface area contributed by atoms with Crippen LogP contribution in [0.15, 0.2) is 72.8 Å². The average Bonchev–Trinajstić information content (AvgIpc) is 2.82. The molecular weight excluding hydrogens is 422 g/mol. The van der Waals surface area contributed by atoms with Gasteiger partial charge < -0.3 is 14.4 Å². The fraction of sp³-hybridized carbons (Fsp3) is 0.300. The van der Waals surface area contributed by atoms with Crippen LogP contribution in [-0.2, 0) is 10.2 Å². The van der Waals surface area contributed by atoms with Gasteiger partial charge in [-0.05, 0) is 62.6 Å². The molecule has 1 atom stereocenters. The summed E-state index contributed by atoms with van der Waals surface area (Å²) in [6.07, 6.45) is 4.26. The van der Waals surface area contributed by atoms with E-state index in [-0.39, 0.29) is 16.9 Å². The number of para-hydroxylation sites is 1. The van der Waals surface area contributed by atoms with E-state index in [0.29, 0.717) is 11.5 Å². The van der Waals surface area contributed by atoms with Gasteiger partial charge in [-0.2, -0.15) is 0 Å². The molecule has 0 radical (unpaired) electrons. The van der Waals surface area contributed by atoms with Gasteiger partial charge in [-0.3, -0.25) is 4.79 Å². The molecule has 4 nitrogen and oxygen atoms in total. The minimum atomic E-state index is -0.389. The molecule has 0 fully saturated rings. The second-order valence-corrected chi connectivity index (χ2v) is 9.82. The third-order valence-corrected chi connectivity index (χ3v) is 6.89. The van der Waals surface area contributed by atoms with E-state index in [4.69, 9.17) is 9.47 Å². The van der Waals surface area contributed by atoms with Gasteiger partial charge in [0.2, 0.25) is 0 Å². The summed E-state index contributed by atoms with van der Waals surface area (Å²) >= 11 is 0. The SMILES string of the molecule is COc1ccc(/C=C/C(=O)N2c3ccccc3C(C)(c3ccc(C)cc3)CC2(C)C)c(OC)c1. The first-order valence-electron chi connectivity index (χ1n) is 11.6. The first-order valence-corrected chi connectivity index (χ1v) is 11.6. The molecule has 1 aliphatic heterocycles. The third-order valence-electron chi connectivity index (χ3n) is 6.89. The summed E-state index contributed by atoms with van der Waals surface area (Å²) in [6.45, 7) is 8.69. The molecule has 3 aromatic rings. The highest BCUT2D eigenvalue weighted by atomic mass is 16.5. The van der Waals surface area contributed by atoms with Gasteiger partial charge >= 0.3 is 0 Å². The van der Waals surface area contributed by atoms with Crippen LogP contribution in [0.4, 0.5) is 5.69 Å². The van der Waals surface area contributed by atoms with Crippen molar-refractivity contribution in [2.45, 2.75) is 45.1 Å². The van der Waals surface area contributed by atoms with Crippen molar-refractivity contribution in [1.29, 1.82) is 0 Å². The molecule has 34 heavy (non-hydrogen) atoms. The van der Waals surface area contributed by atoms with Crippen molar-refractivity contribution in [2.24, 2.45) is 0 Å². The van der Waals surface area contributed by atoms with Crippen molar-refractivity contribution < 1.29 is 14.3 Å². The van der Waals surface area contributed by atoms with E-state index < -0.39 is 0 Å². The number of anilines is 1. The Hall–Kier alpha value is -3.53. The Balaban J connectivity index is 1.74. The molecule has 3 aromatic carbocycles. The van der Waals surface area contributed by atoms with Gasteiger partial charge in [0.1, 0.15) is 11.5 Å². The predicted octanol–water partition coefficient (Wildman–Crippen LogP) is 6.55. The Kier molecular flexibility index (Phi) is 6.26. The second-order valence-electron chi connectivity index (χ2n) is 9.82. The number of nitrogens with zero attached hydrogens (tertiary/aromatic N) is 1. The van der Waals surface area contributed by atoms with Crippen LogP contribution in [0.5, 0.6) is 11.5 Å². The van der Waals surface area contributed by atoms with Crippen LogP contribution in [0.1, 0.15) is 49.4 Å². The first-order chi connectivity index (χ1) is 16.2. The molecule has 0 aliphatic carbocycles. The molecule has 0 saturated heterocycles. The number of amides is 1. The fourth-order valence-electron chi connectivity index (χ4n) is 5.29.